The van der Waals surface area contributed by atoms with Crippen LogP contribution in [0.2, 0.25) is 0 Å². The first-order valence-electron chi connectivity index (χ1n) is 3.06. The Bertz CT molecular complexity index is 130. The fourth-order valence-corrected chi connectivity index (χ4v) is 0.642. The number of carbonyl (C=O) groups excluding carboxylic acids is 1. The molecular formula is C7H12O2S. The highest BCUT2D eigenvalue weighted by Crippen LogP contribution is 1.95. The van der Waals surface area contributed by atoms with E-state index in [0.29, 0.717) is 0 Å². The van der Waals surface area contributed by atoms with Gasteiger partial charge in [-0.05, 0) is 25.5 Å². The van der Waals surface area contributed by atoms with Crippen LogP contribution >= 0.6 is 11.8 Å². The molecule has 0 aliphatic carbocycles. The maximum absolute atomic E-state index is 10.7. The Morgan fingerprint density at radius 1 is 1.60 bits per heavy atom. The summed E-state index contributed by atoms with van der Waals surface area (Å²) >= 11 is 1.48. The molecule has 0 fully saturated rings. The van der Waals surface area contributed by atoms with Crippen molar-refractivity contribution in [3.05, 3.63) is 11.5 Å². The predicted octanol–water partition coefficient (Wildman–Crippen LogP) is 1.81. The molecule has 0 aliphatic heterocycles. The summed E-state index contributed by atoms with van der Waals surface area (Å²) in [6.07, 6.45) is 3.28. The van der Waals surface area contributed by atoms with Crippen LogP contribution in [-0.2, 0) is 9.53 Å². The topological polar surface area (TPSA) is 26.3 Å². The average Bonchev–Trinajstić information content (AvgIpc) is 1.82. The number of carbonyl (C=O) groups is 1. The molecule has 0 atom stereocenters. The molecule has 0 aromatic carbocycles. The lowest BCUT2D eigenvalue weighted by Crippen LogP contribution is -2.07. The molecule has 0 N–H and O–H groups in total. The molecule has 0 heterocycles. The minimum atomic E-state index is -0.274. The Labute approximate surface area is 65.6 Å². The van der Waals surface area contributed by atoms with E-state index in [9.17, 15) is 4.79 Å². The van der Waals surface area contributed by atoms with Crippen LogP contribution in [0, 0.1) is 0 Å². The zero-order valence-electron chi connectivity index (χ0n) is 6.46. The summed E-state index contributed by atoms with van der Waals surface area (Å²) in [5.41, 5.74) is 0. The largest absolute Gasteiger partial charge is 0.460 e. The highest BCUT2D eigenvalue weighted by atomic mass is 32.2. The lowest BCUT2D eigenvalue weighted by atomic mass is 10.5. The monoisotopic (exact) mass is 160 g/mol. The second kappa shape index (κ2) is 5.35. The van der Waals surface area contributed by atoms with Crippen LogP contribution in [0.25, 0.3) is 0 Å². The van der Waals surface area contributed by atoms with E-state index in [1.165, 1.54) is 17.8 Å². The summed E-state index contributed by atoms with van der Waals surface area (Å²) < 4.78 is 4.81. The molecule has 0 aromatic rings. The molecule has 0 aliphatic rings. The lowest BCUT2D eigenvalue weighted by Gasteiger charge is -2.03. The van der Waals surface area contributed by atoms with Crippen LogP contribution in [0.3, 0.4) is 0 Å². The normalized spacial score (nSPS) is 10.8. The third-order valence-electron chi connectivity index (χ3n) is 0.692. The summed E-state index contributed by atoms with van der Waals surface area (Å²) in [5, 5.41) is 1.70. The summed E-state index contributed by atoms with van der Waals surface area (Å²) in [4.78, 5) is 10.7. The minimum Gasteiger partial charge on any atom is -0.460 e. The molecule has 0 aromatic heterocycles. The van der Waals surface area contributed by atoms with Gasteiger partial charge in [0.25, 0.3) is 0 Å². The van der Waals surface area contributed by atoms with Gasteiger partial charge >= 0.3 is 5.97 Å². The number of hydrogen-bond donors (Lipinski definition) is 0. The van der Waals surface area contributed by atoms with E-state index in [0.717, 1.165) is 0 Å². The predicted molar refractivity (Wildman–Crippen MR) is 43.9 cm³/mol. The van der Waals surface area contributed by atoms with E-state index in [-0.39, 0.29) is 12.1 Å². The smallest absolute Gasteiger partial charge is 0.331 e. The SMILES string of the molecule is CS/C=C/C(=O)OC(C)C. The summed E-state index contributed by atoms with van der Waals surface area (Å²) in [6, 6.07) is 0. The maximum atomic E-state index is 10.7. The summed E-state index contributed by atoms with van der Waals surface area (Å²) in [5.74, 6) is -0.274. The number of hydrogen-bond acceptors (Lipinski definition) is 3. The van der Waals surface area contributed by atoms with Crippen LogP contribution in [0.4, 0.5) is 0 Å². The lowest BCUT2D eigenvalue weighted by molar-refractivity contribution is -0.141. The first-order valence-corrected chi connectivity index (χ1v) is 4.35. The standard InChI is InChI=1S/C7H12O2S/c1-6(2)9-7(8)4-5-10-3/h4-6H,1-3H3/b5-4+. The van der Waals surface area contributed by atoms with Crippen LogP contribution in [0.15, 0.2) is 11.5 Å². The van der Waals surface area contributed by atoms with Crippen molar-refractivity contribution in [3.8, 4) is 0 Å². The van der Waals surface area contributed by atoms with Gasteiger partial charge in [0.1, 0.15) is 0 Å². The molecule has 0 amide bonds. The van der Waals surface area contributed by atoms with Crippen molar-refractivity contribution >= 4 is 17.7 Å². The number of rotatable bonds is 3. The molecule has 0 spiro atoms. The Hall–Kier alpha value is -0.440. The van der Waals surface area contributed by atoms with Crippen LogP contribution in [0.1, 0.15) is 13.8 Å². The van der Waals surface area contributed by atoms with E-state index in [2.05, 4.69) is 0 Å². The molecule has 2 nitrogen and oxygen atoms in total. The van der Waals surface area contributed by atoms with Gasteiger partial charge in [-0.15, -0.1) is 11.8 Å². The zero-order valence-corrected chi connectivity index (χ0v) is 7.27. The van der Waals surface area contributed by atoms with E-state index in [1.54, 1.807) is 5.41 Å². The molecule has 0 radical (unpaired) electrons. The Morgan fingerprint density at radius 3 is 2.60 bits per heavy atom. The highest BCUT2D eigenvalue weighted by Gasteiger charge is 1.97. The zero-order chi connectivity index (χ0) is 7.98. The number of ether oxygens (including phenoxy) is 1. The van der Waals surface area contributed by atoms with Crippen molar-refractivity contribution < 1.29 is 9.53 Å². The van der Waals surface area contributed by atoms with Gasteiger partial charge in [0, 0.05) is 6.08 Å². The van der Waals surface area contributed by atoms with Crippen LogP contribution in [0.5, 0.6) is 0 Å². The van der Waals surface area contributed by atoms with Gasteiger partial charge in [0.15, 0.2) is 0 Å². The Kier molecular flexibility index (Phi) is 5.12. The molecule has 0 saturated heterocycles. The third kappa shape index (κ3) is 5.69. The molecule has 10 heavy (non-hydrogen) atoms. The van der Waals surface area contributed by atoms with Crippen molar-refractivity contribution in [2.75, 3.05) is 6.26 Å². The Morgan fingerprint density at radius 2 is 2.20 bits per heavy atom. The van der Waals surface area contributed by atoms with Gasteiger partial charge in [0.05, 0.1) is 6.10 Å². The van der Waals surface area contributed by atoms with Crippen LogP contribution in [-0.4, -0.2) is 18.3 Å². The number of esters is 1. The fourth-order valence-electron chi connectivity index (χ4n) is 0.395. The maximum Gasteiger partial charge on any atom is 0.331 e. The average molecular weight is 160 g/mol. The van der Waals surface area contributed by atoms with Gasteiger partial charge in [0.2, 0.25) is 0 Å². The van der Waals surface area contributed by atoms with Gasteiger partial charge in [-0.2, -0.15) is 0 Å². The summed E-state index contributed by atoms with van der Waals surface area (Å²) in [6.45, 7) is 3.65. The van der Waals surface area contributed by atoms with Gasteiger partial charge in [-0.3, -0.25) is 0 Å². The first kappa shape index (κ1) is 9.56. The molecule has 0 saturated carbocycles. The second-order valence-electron chi connectivity index (χ2n) is 2.02. The second-order valence-corrected chi connectivity index (χ2v) is 2.77. The van der Waals surface area contributed by atoms with E-state index < -0.39 is 0 Å². The Balaban J connectivity index is 3.54. The molecule has 0 rings (SSSR count). The van der Waals surface area contributed by atoms with Crippen molar-refractivity contribution in [2.45, 2.75) is 20.0 Å². The molecule has 58 valence electrons. The van der Waals surface area contributed by atoms with Crippen LogP contribution < -0.4 is 0 Å². The minimum absolute atomic E-state index is 0.0287. The van der Waals surface area contributed by atoms with Gasteiger partial charge < -0.3 is 4.74 Å². The van der Waals surface area contributed by atoms with Gasteiger partial charge in [-0.1, -0.05) is 0 Å². The molecule has 3 heteroatoms. The van der Waals surface area contributed by atoms with E-state index in [4.69, 9.17) is 4.74 Å². The molecular weight excluding hydrogens is 148 g/mol. The number of thioether (sulfide) groups is 1. The van der Waals surface area contributed by atoms with E-state index >= 15 is 0 Å². The van der Waals surface area contributed by atoms with Crippen molar-refractivity contribution in [2.24, 2.45) is 0 Å². The fraction of sp³-hybridized carbons (Fsp3) is 0.571. The summed E-state index contributed by atoms with van der Waals surface area (Å²) in [7, 11) is 0. The van der Waals surface area contributed by atoms with E-state index in [1.807, 2.05) is 20.1 Å². The third-order valence-corrected chi connectivity index (χ3v) is 1.10. The quantitative estimate of drug-likeness (QED) is 0.465. The first-order chi connectivity index (χ1) is 4.66. The van der Waals surface area contributed by atoms with Crippen molar-refractivity contribution in [3.63, 3.8) is 0 Å². The highest BCUT2D eigenvalue weighted by molar-refractivity contribution is 8.01. The van der Waals surface area contributed by atoms with Crippen molar-refractivity contribution in [1.82, 2.24) is 0 Å². The van der Waals surface area contributed by atoms with Crippen molar-refractivity contribution in [1.29, 1.82) is 0 Å². The van der Waals surface area contributed by atoms with Gasteiger partial charge in [-0.25, -0.2) is 4.79 Å². The molecule has 0 unspecified atom stereocenters. The molecule has 0 bridgehead atoms.